The third kappa shape index (κ3) is 5.49. The van der Waals surface area contributed by atoms with Gasteiger partial charge in [-0.15, -0.1) is 0 Å². The van der Waals surface area contributed by atoms with Crippen LogP contribution in [-0.2, 0) is 0 Å². The van der Waals surface area contributed by atoms with E-state index in [-0.39, 0.29) is 24.3 Å². The van der Waals surface area contributed by atoms with Crippen molar-refractivity contribution in [1.82, 2.24) is 24.8 Å². The Morgan fingerprint density at radius 1 is 1.08 bits per heavy atom. The van der Waals surface area contributed by atoms with Crippen LogP contribution < -0.4 is 15.5 Å². The second-order valence-corrected chi connectivity index (χ2v) is 9.28. The predicted molar refractivity (Wildman–Crippen MR) is 133 cm³/mol. The van der Waals surface area contributed by atoms with E-state index in [2.05, 4.69) is 48.6 Å². The van der Waals surface area contributed by atoms with E-state index in [1.54, 1.807) is 30.7 Å². The molecule has 5 heterocycles. The van der Waals surface area contributed by atoms with Gasteiger partial charge in [0.2, 0.25) is 5.95 Å². The van der Waals surface area contributed by atoms with Gasteiger partial charge in [-0.25, -0.2) is 28.7 Å². The molecule has 3 aromatic heterocycles. The molecular formula is C25H27F2N9. The molecule has 0 radical (unpaired) electrons. The highest BCUT2D eigenvalue weighted by atomic mass is 19.3. The van der Waals surface area contributed by atoms with Gasteiger partial charge in [0.15, 0.2) is 0 Å². The van der Waals surface area contributed by atoms with Gasteiger partial charge in [-0.3, -0.25) is 0 Å². The van der Waals surface area contributed by atoms with Gasteiger partial charge in [0, 0.05) is 37.0 Å². The van der Waals surface area contributed by atoms with Gasteiger partial charge < -0.3 is 20.4 Å². The number of piperidine rings is 1. The molecule has 186 valence electrons. The molecule has 2 saturated heterocycles. The Morgan fingerprint density at radius 2 is 1.92 bits per heavy atom. The second kappa shape index (κ2) is 9.99. The van der Waals surface area contributed by atoms with Gasteiger partial charge in [0.05, 0.1) is 29.7 Å². The molecule has 0 unspecified atom stereocenters. The minimum atomic E-state index is -2.77. The van der Waals surface area contributed by atoms with E-state index in [9.17, 15) is 14.0 Å². The zero-order chi connectivity index (χ0) is 25.1. The van der Waals surface area contributed by atoms with Crippen molar-refractivity contribution in [2.45, 2.75) is 31.2 Å². The Morgan fingerprint density at radius 3 is 2.61 bits per heavy atom. The normalized spacial score (nSPS) is 18.1. The fraction of sp³-hybridized carbons (Fsp3) is 0.400. The van der Waals surface area contributed by atoms with Crippen LogP contribution in [0.5, 0.6) is 0 Å². The van der Waals surface area contributed by atoms with E-state index in [0.717, 1.165) is 37.4 Å². The van der Waals surface area contributed by atoms with Crippen molar-refractivity contribution in [3.63, 3.8) is 0 Å². The Hall–Kier alpha value is -3.91. The molecule has 0 bridgehead atoms. The SMILES string of the molecule is CN1CCC(Nc2ccc(Nc3nccc(-c4cnc(N5CCC(F)(F)C5)c(C#N)c4)n3)cn2)CC1. The largest absolute Gasteiger partial charge is 0.367 e. The summed E-state index contributed by atoms with van der Waals surface area (Å²) in [5.41, 5.74) is 2.13. The topological polar surface area (TPSA) is 106 Å². The summed E-state index contributed by atoms with van der Waals surface area (Å²) in [6.07, 6.45) is 6.81. The first kappa shape index (κ1) is 23.8. The summed E-state index contributed by atoms with van der Waals surface area (Å²) in [5, 5.41) is 16.2. The maximum Gasteiger partial charge on any atom is 0.266 e. The average Bonchev–Trinajstić information content (AvgIpc) is 3.25. The predicted octanol–water partition coefficient (Wildman–Crippen LogP) is 3.90. The van der Waals surface area contributed by atoms with E-state index in [4.69, 9.17) is 0 Å². The van der Waals surface area contributed by atoms with Gasteiger partial charge in [0.25, 0.3) is 5.92 Å². The summed E-state index contributed by atoms with van der Waals surface area (Å²) in [7, 11) is 2.14. The van der Waals surface area contributed by atoms with E-state index in [0.29, 0.717) is 23.2 Å². The summed E-state index contributed by atoms with van der Waals surface area (Å²) in [4.78, 5) is 21.4. The molecular weight excluding hydrogens is 464 g/mol. The molecule has 5 rings (SSSR count). The number of aromatic nitrogens is 4. The number of rotatable bonds is 6. The summed E-state index contributed by atoms with van der Waals surface area (Å²) < 4.78 is 27.3. The zero-order valence-corrected chi connectivity index (χ0v) is 20.0. The van der Waals surface area contributed by atoms with Crippen LogP contribution in [0, 0.1) is 11.3 Å². The van der Waals surface area contributed by atoms with Gasteiger partial charge >= 0.3 is 0 Å². The molecule has 3 aromatic rings. The van der Waals surface area contributed by atoms with Crippen LogP contribution in [0.2, 0.25) is 0 Å². The molecule has 2 fully saturated rings. The fourth-order valence-electron chi connectivity index (χ4n) is 4.47. The van der Waals surface area contributed by atoms with Gasteiger partial charge in [-0.2, -0.15) is 5.26 Å². The van der Waals surface area contributed by atoms with Crippen molar-refractivity contribution in [3.8, 4) is 17.3 Å². The number of nitrogens with one attached hydrogen (secondary N) is 2. The van der Waals surface area contributed by atoms with E-state index >= 15 is 0 Å². The number of anilines is 4. The lowest BCUT2D eigenvalue weighted by Crippen LogP contribution is -2.36. The highest BCUT2D eigenvalue weighted by molar-refractivity contribution is 5.67. The lowest BCUT2D eigenvalue weighted by Gasteiger charge is -2.29. The summed E-state index contributed by atoms with van der Waals surface area (Å²) in [6.45, 7) is 1.88. The number of nitriles is 1. The average molecular weight is 492 g/mol. The number of pyridine rings is 2. The Labute approximate surface area is 208 Å². The smallest absolute Gasteiger partial charge is 0.266 e. The van der Waals surface area contributed by atoms with Crippen molar-refractivity contribution in [2.75, 3.05) is 48.8 Å². The third-order valence-corrected chi connectivity index (χ3v) is 6.50. The molecule has 0 spiro atoms. The molecule has 2 aliphatic rings. The Bertz CT molecular complexity index is 1250. The van der Waals surface area contributed by atoms with Crippen LogP contribution in [0.4, 0.5) is 32.1 Å². The molecule has 2 N–H and O–H groups in total. The van der Waals surface area contributed by atoms with E-state index in [1.807, 2.05) is 12.1 Å². The summed E-state index contributed by atoms with van der Waals surface area (Å²) >= 11 is 0. The highest BCUT2D eigenvalue weighted by Crippen LogP contribution is 2.32. The standard InChI is InChI=1S/C25H27F2N9/c1-35-9-5-19(6-10-35)32-22-3-2-20(15-30-22)33-24-29-8-4-21(34-24)18-12-17(13-28)23(31-14-18)36-11-7-25(26,27)16-36/h2-4,8,12,14-15,19H,5-7,9-11,16H2,1H3,(H,30,32)(H,29,33,34). The monoisotopic (exact) mass is 491 g/mol. The fourth-order valence-corrected chi connectivity index (χ4v) is 4.47. The summed E-state index contributed by atoms with van der Waals surface area (Å²) in [6, 6.07) is 9.67. The van der Waals surface area contributed by atoms with Crippen molar-refractivity contribution >= 4 is 23.3 Å². The second-order valence-electron chi connectivity index (χ2n) is 9.28. The number of likely N-dealkylation sites (tertiary alicyclic amines) is 1. The third-order valence-electron chi connectivity index (χ3n) is 6.50. The van der Waals surface area contributed by atoms with E-state index in [1.165, 1.54) is 4.90 Å². The maximum atomic E-state index is 13.6. The molecule has 0 atom stereocenters. The number of hydrogen-bond acceptors (Lipinski definition) is 9. The first-order valence-corrected chi connectivity index (χ1v) is 11.9. The van der Waals surface area contributed by atoms with Crippen molar-refractivity contribution in [1.29, 1.82) is 5.26 Å². The molecule has 0 amide bonds. The van der Waals surface area contributed by atoms with Crippen LogP contribution >= 0.6 is 0 Å². The van der Waals surface area contributed by atoms with Gasteiger partial charge in [0.1, 0.15) is 17.7 Å². The van der Waals surface area contributed by atoms with Crippen LogP contribution in [0.3, 0.4) is 0 Å². The summed E-state index contributed by atoms with van der Waals surface area (Å²) in [5.74, 6) is -1.30. The first-order chi connectivity index (χ1) is 17.4. The lowest BCUT2D eigenvalue weighted by atomic mass is 10.1. The number of halogens is 2. The minimum Gasteiger partial charge on any atom is -0.367 e. The minimum absolute atomic E-state index is 0.163. The molecule has 11 heteroatoms. The van der Waals surface area contributed by atoms with Crippen molar-refractivity contribution in [3.05, 3.63) is 48.4 Å². The molecule has 0 aliphatic carbocycles. The quantitative estimate of drug-likeness (QED) is 0.531. The van der Waals surface area contributed by atoms with Crippen molar-refractivity contribution in [2.24, 2.45) is 0 Å². The van der Waals surface area contributed by atoms with Gasteiger partial charge in [-0.05, 0) is 57.2 Å². The highest BCUT2D eigenvalue weighted by Gasteiger charge is 2.39. The molecule has 0 saturated carbocycles. The number of hydrogen-bond donors (Lipinski definition) is 2. The number of alkyl halides is 2. The number of nitrogens with zero attached hydrogens (tertiary/aromatic N) is 7. The van der Waals surface area contributed by atoms with E-state index < -0.39 is 12.5 Å². The van der Waals surface area contributed by atoms with Crippen LogP contribution in [0.1, 0.15) is 24.8 Å². The molecule has 2 aliphatic heterocycles. The molecule has 9 nitrogen and oxygen atoms in total. The molecule has 0 aromatic carbocycles. The van der Waals surface area contributed by atoms with Crippen LogP contribution in [0.25, 0.3) is 11.3 Å². The van der Waals surface area contributed by atoms with Crippen molar-refractivity contribution < 1.29 is 8.78 Å². The lowest BCUT2D eigenvalue weighted by molar-refractivity contribution is 0.0256. The first-order valence-electron chi connectivity index (χ1n) is 11.9. The Balaban J connectivity index is 1.27. The zero-order valence-electron chi connectivity index (χ0n) is 20.0. The Kier molecular flexibility index (Phi) is 6.61. The van der Waals surface area contributed by atoms with Crippen LogP contribution in [0.15, 0.2) is 42.9 Å². The molecule has 36 heavy (non-hydrogen) atoms. The van der Waals surface area contributed by atoms with Crippen LogP contribution in [-0.4, -0.2) is 70.0 Å². The maximum absolute atomic E-state index is 13.6. The van der Waals surface area contributed by atoms with Gasteiger partial charge in [-0.1, -0.05) is 0 Å².